The highest BCUT2D eigenvalue weighted by atomic mass is 32.2. The highest BCUT2D eigenvalue weighted by Crippen LogP contribution is 2.24. The predicted molar refractivity (Wildman–Crippen MR) is 130 cm³/mol. The van der Waals surface area contributed by atoms with Crippen LogP contribution in [-0.2, 0) is 32.7 Å². The van der Waals surface area contributed by atoms with Crippen molar-refractivity contribution in [2.45, 2.75) is 19.1 Å². The molecule has 8 nitrogen and oxygen atoms in total. The number of sulfonamides is 1. The van der Waals surface area contributed by atoms with Crippen LogP contribution in [0.5, 0.6) is 0 Å². The lowest BCUT2D eigenvalue weighted by atomic mass is 10.0. The first-order valence-corrected chi connectivity index (χ1v) is 12.7. The van der Waals surface area contributed by atoms with Gasteiger partial charge in [-0.25, -0.2) is 12.8 Å². The summed E-state index contributed by atoms with van der Waals surface area (Å²) in [5.41, 5.74) is 1.77. The zero-order valence-corrected chi connectivity index (χ0v) is 20.3. The molecule has 0 saturated heterocycles. The number of halogens is 1. The van der Waals surface area contributed by atoms with Gasteiger partial charge in [-0.3, -0.25) is 14.6 Å². The lowest BCUT2D eigenvalue weighted by Gasteiger charge is -2.32. The van der Waals surface area contributed by atoms with Gasteiger partial charge in [0.2, 0.25) is 21.8 Å². The summed E-state index contributed by atoms with van der Waals surface area (Å²) in [5.74, 6) is -1.47. The normalized spacial score (nSPS) is 12.2. The number of nitrogens with zero attached hydrogens (tertiary/aromatic N) is 3. The Morgan fingerprint density at radius 3 is 2.26 bits per heavy atom. The number of hydrogen-bond acceptors (Lipinski definition) is 5. The SMILES string of the molecule is CN(CC(=O)N(Cc1ccc(F)cc1)[C@@H](C(=O)NCc1ccccn1)c1ccccc1)S(C)(=O)=O. The summed E-state index contributed by atoms with van der Waals surface area (Å²) in [7, 11) is -2.35. The average molecular weight is 499 g/mol. The molecular weight excluding hydrogens is 471 g/mol. The van der Waals surface area contributed by atoms with Gasteiger partial charge >= 0.3 is 0 Å². The van der Waals surface area contributed by atoms with Gasteiger partial charge in [-0.15, -0.1) is 0 Å². The Morgan fingerprint density at radius 1 is 1.00 bits per heavy atom. The third kappa shape index (κ3) is 7.43. The van der Waals surface area contributed by atoms with E-state index in [9.17, 15) is 22.4 Å². The molecule has 2 amide bonds. The number of amides is 2. The molecule has 1 atom stereocenters. The molecular formula is C25H27FN4O4S. The van der Waals surface area contributed by atoms with Crippen LogP contribution >= 0.6 is 0 Å². The molecule has 0 saturated carbocycles. The number of carbonyl (C=O) groups excluding carboxylic acids is 2. The maximum Gasteiger partial charge on any atom is 0.247 e. The van der Waals surface area contributed by atoms with E-state index in [4.69, 9.17) is 0 Å². The zero-order chi connectivity index (χ0) is 25.4. The van der Waals surface area contributed by atoms with Crippen molar-refractivity contribution in [3.8, 4) is 0 Å². The second-order valence-corrected chi connectivity index (χ2v) is 10.1. The Labute approximate surface area is 204 Å². The van der Waals surface area contributed by atoms with Gasteiger partial charge in [0.05, 0.1) is 25.0 Å². The largest absolute Gasteiger partial charge is 0.348 e. The molecule has 0 aliphatic carbocycles. The zero-order valence-electron chi connectivity index (χ0n) is 19.5. The summed E-state index contributed by atoms with van der Waals surface area (Å²) < 4.78 is 38.3. The van der Waals surface area contributed by atoms with Crippen LogP contribution < -0.4 is 5.32 Å². The molecule has 1 N–H and O–H groups in total. The highest BCUT2D eigenvalue weighted by Gasteiger charge is 2.32. The number of benzene rings is 2. The van der Waals surface area contributed by atoms with Crippen LogP contribution in [0.1, 0.15) is 22.9 Å². The fourth-order valence-electron chi connectivity index (χ4n) is 3.39. The molecule has 3 aromatic rings. The number of aromatic nitrogens is 1. The fourth-order valence-corrected chi connectivity index (χ4v) is 3.74. The van der Waals surface area contributed by atoms with Gasteiger partial charge in [0, 0.05) is 19.8 Å². The Morgan fingerprint density at radius 2 is 1.66 bits per heavy atom. The molecule has 0 bridgehead atoms. The number of pyridine rings is 1. The number of carbonyl (C=O) groups is 2. The van der Waals surface area contributed by atoms with Crippen molar-refractivity contribution >= 4 is 21.8 Å². The van der Waals surface area contributed by atoms with Crippen LogP contribution in [0.3, 0.4) is 0 Å². The van der Waals surface area contributed by atoms with Gasteiger partial charge < -0.3 is 10.2 Å². The first-order chi connectivity index (χ1) is 16.6. The van der Waals surface area contributed by atoms with Crippen molar-refractivity contribution in [3.63, 3.8) is 0 Å². The lowest BCUT2D eigenvalue weighted by Crippen LogP contribution is -2.47. The van der Waals surface area contributed by atoms with Gasteiger partial charge in [-0.2, -0.15) is 4.31 Å². The summed E-state index contributed by atoms with van der Waals surface area (Å²) in [6.45, 7) is -0.352. The average Bonchev–Trinajstić information content (AvgIpc) is 2.84. The van der Waals surface area contributed by atoms with Gasteiger partial charge in [-0.1, -0.05) is 48.5 Å². The monoisotopic (exact) mass is 498 g/mol. The van der Waals surface area contributed by atoms with E-state index in [1.54, 1.807) is 54.7 Å². The van der Waals surface area contributed by atoms with Crippen molar-refractivity contribution in [2.75, 3.05) is 19.8 Å². The molecule has 1 aromatic heterocycles. The molecule has 0 unspecified atom stereocenters. The Bertz CT molecular complexity index is 1240. The Hall–Kier alpha value is -3.63. The van der Waals surface area contributed by atoms with Gasteiger partial charge in [0.15, 0.2) is 0 Å². The summed E-state index contributed by atoms with van der Waals surface area (Å²) >= 11 is 0. The van der Waals surface area contributed by atoms with E-state index in [0.717, 1.165) is 10.6 Å². The first-order valence-electron chi connectivity index (χ1n) is 10.8. The quantitative estimate of drug-likeness (QED) is 0.463. The summed E-state index contributed by atoms with van der Waals surface area (Å²) in [6.07, 6.45) is 2.61. The van der Waals surface area contributed by atoms with Gasteiger partial charge in [0.1, 0.15) is 11.9 Å². The number of nitrogens with one attached hydrogen (secondary N) is 1. The van der Waals surface area contributed by atoms with Crippen molar-refractivity contribution < 1.29 is 22.4 Å². The third-order valence-corrected chi connectivity index (χ3v) is 6.62. The minimum atomic E-state index is -3.64. The Kier molecular flexibility index (Phi) is 8.67. The number of likely N-dealkylation sites (N-methyl/N-ethyl adjacent to an activating group) is 1. The second kappa shape index (κ2) is 11.7. The van der Waals surface area contributed by atoms with E-state index in [-0.39, 0.29) is 13.1 Å². The fraction of sp³-hybridized carbons (Fsp3) is 0.240. The van der Waals surface area contributed by atoms with E-state index in [1.165, 1.54) is 36.2 Å². The number of hydrogen-bond donors (Lipinski definition) is 1. The van der Waals surface area contributed by atoms with E-state index in [1.807, 2.05) is 0 Å². The standard InChI is InChI=1S/C25H27FN4O4S/c1-29(35(2,33)34)18-23(31)30(17-19-11-13-21(26)14-12-19)24(20-8-4-3-5-9-20)25(32)28-16-22-10-6-7-15-27-22/h3-15,24H,16-18H2,1-2H3,(H,28,32)/t24-/m1/s1. The van der Waals surface area contributed by atoms with E-state index >= 15 is 0 Å². The van der Waals surface area contributed by atoms with Crippen LogP contribution in [0.4, 0.5) is 4.39 Å². The molecule has 0 aliphatic rings. The molecule has 0 spiro atoms. The first kappa shape index (κ1) is 26.0. The van der Waals surface area contributed by atoms with Crippen molar-refractivity contribution in [3.05, 3.63) is 102 Å². The van der Waals surface area contributed by atoms with E-state index < -0.39 is 40.2 Å². The van der Waals surface area contributed by atoms with Crippen LogP contribution in [0.25, 0.3) is 0 Å². The van der Waals surface area contributed by atoms with E-state index in [2.05, 4.69) is 10.3 Å². The lowest BCUT2D eigenvalue weighted by molar-refractivity contribution is -0.141. The second-order valence-electron chi connectivity index (χ2n) is 8.02. The van der Waals surface area contributed by atoms with Crippen LogP contribution in [0, 0.1) is 5.82 Å². The minimum Gasteiger partial charge on any atom is -0.348 e. The van der Waals surface area contributed by atoms with Crippen molar-refractivity contribution in [1.82, 2.24) is 19.5 Å². The molecule has 0 radical (unpaired) electrons. The third-order valence-electron chi connectivity index (χ3n) is 5.36. The topological polar surface area (TPSA) is 99.7 Å². The summed E-state index contributed by atoms with van der Waals surface area (Å²) in [5, 5.41) is 2.82. The highest BCUT2D eigenvalue weighted by molar-refractivity contribution is 7.88. The molecule has 0 fully saturated rings. The molecule has 10 heteroatoms. The molecule has 35 heavy (non-hydrogen) atoms. The summed E-state index contributed by atoms with van der Waals surface area (Å²) in [6, 6.07) is 18.5. The maximum atomic E-state index is 13.5. The van der Waals surface area contributed by atoms with Crippen LogP contribution in [-0.4, -0.2) is 54.3 Å². The van der Waals surface area contributed by atoms with Crippen LogP contribution in [0.15, 0.2) is 79.0 Å². The predicted octanol–water partition coefficient (Wildman–Crippen LogP) is 2.50. The van der Waals surface area contributed by atoms with Gasteiger partial charge in [0.25, 0.3) is 0 Å². The smallest absolute Gasteiger partial charge is 0.247 e. The minimum absolute atomic E-state index is 0.0344. The van der Waals surface area contributed by atoms with Gasteiger partial charge in [-0.05, 0) is 35.4 Å². The summed E-state index contributed by atoms with van der Waals surface area (Å²) in [4.78, 5) is 32.4. The number of rotatable bonds is 10. The molecule has 184 valence electrons. The molecule has 3 rings (SSSR count). The van der Waals surface area contributed by atoms with Crippen molar-refractivity contribution in [2.24, 2.45) is 0 Å². The Balaban J connectivity index is 1.97. The van der Waals surface area contributed by atoms with Crippen molar-refractivity contribution in [1.29, 1.82) is 0 Å². The van der Waals surface area contributed by atoms with Crippen LogP contribution in [0.2, 0.25) is 0 Å². The molecule has 0 aliphatic heterocycles. The molecule has 2 aromatic carbocycles. The molecule has 1 heterocycles. The maximum absolute atomic E-state index is 13.5. The van der Waals surface area contributed by atoms with E-state index in [0.29, 0.717) is 16.8 Å².